The van der Waals surface area contributed by atoms with Crippen LogP contribution in [0.25, 0.3) is 10.9 Å². The highest BCUT2D eigenvalue weighted by Gasteiger charge is 2.16. The van der Waals surface area contributed by atoms with Crippen molar-refractivity contribution in [1.82, 2.24) is 19.5 Å². The number of rotatable bonds is 1. The molecule has 0 unspecified atom stereocenters. The van der Waals surface area contributed by atoms with Crippen LogP contribution in [0.15, 0.2) is 41.7 Å². The molecule has 2 aromatic heterocycles. The largest absolute Gasteiger partial charge is 0.369 e. The summed E-state index contributed by atoms with van der Waals surface area (Å²) < 4.78 is 1.92. The lowest BCUT2D eigenvalue weighted by Crippen LogP contribution is -2.25. The van der Waals surface area contributed by atoms with E-state index < -0.39 is 5.91 Å². The molecule has 7 nitrogen and oxygen atoms in total. The van der Waals surface area contributed by atoms with Gasteiger partial charge in [-0.2, -0.15) is 4.99 Å². The normalized spacial score (nSPS) is 13.9. The third-order valence-electron chi connectivity index (χ3n) is 3.72. The second-order valence-electron chi connectivity index (χ2n) is 5.32. The topological polar surface area (TPSA) is 85.1 Å². The van der Waals surface area contributed by atoms with Crippen LogP contribution in [0.3, 0.4) is 0 Å². The molecule has 0 bridgehead atoms. The van der Waals surface area contributed by atoms with Crippen LogP contribution in [-0.4, -0.2) is 32.0 Å². The molecule has 1 aliphatic heterocycles. The lowest BCUT2D eigenvalue weighted by atomic mass is 10.2. The van der Waals surface area contributed by atoms with Gasteiger partial charge in [-0.05, 0) is 19.1 Å². The molecular formula is C16H14N6O. The third kappa shape index (κ3) is 2.36. The van der Waals surface area contributed by atoms with E-state index in [0.29, 0.717) is 5.62 Å². The maximum Gasteiger partial charge on any atom is 0.300 e. The van der Waals surface area contributed by atoms with Crippen molar-refractivity contribution in [2.75, 3.05) is 11.9 Å². The molecule has 1 aromatic carbocycles. The first kappa shape index (κ1) is 13.6. The average Bonchev–Trinajstić information content (AvgIpc) is 3.06. The minimum Gasteiger partial charge on any atom is -0.369 e. The minimum absolute atomic E-state index is 0.214. The van der Waals surface area contributed by atoms with Gasteiger partial charge in [-0.3, -0.25) is 14.3 Å². The second-order valence-corrected chi connectivity index (χ2v) is 5.32. The van der Waals surface area contributed by atoms with Crippen molar-refractivity contribution in [3.63, 3.8) is 0 Å². The Bertz CT molecular complexity index is 974. The summed E-state index contributed by atoms with van der Waals surface area (Å²) in [7, 11) is 0. The van der Waals surface area contributed by atoms with Gasteiger partial charge in [0.25, 0.3) is 5.91 Å². The van der Waals surface area contributed by atoms with Gasteiger partial charge in [0.05, 0.1) is 17.4 Å². The van der Waals surface area contributed by atoms with E-state index in [0.717, 1.165) is 35.5 Å². The molecule has 23 heavy (non-hydrogen) atoms. The maximum atomic E-state index is 12.3. The van der Waals surface area contributed by atoms with Crippen LogP contribution in [0.1, 0.15) is 16.2 Å². The smallest absolute Gasteiger partial charge is 0.300 e. The molecule has 1 amide bonds. The Balaban J connectivity index is 1.88. The standard InChI is InChI=1S/C16H14N6O/c1-10-8-19-13(9-18-10)15(23)21-16-20-12-5-3-2-4-11(12)14-17-6-7-22(14)16/h2-5,8-9,17H,6-7H2,1H3. The number of benzene rings is 1. The van der Waals surface area contributed by atoms with E-state index in [1.807, 2.05) is 35.8 Å². The summed E-state index contributed by atoms with van der Waals surface area (Å²) in [4.78, 5) is 29.1. The molecule has 1 N–H and O–H groups in total. The van der Waals surface area contributed by atoms with Crippen LogP contribution in [0.2, 0.25) is 0 Å². The monoisotopic (exact) mass is 306 g/mol. The lowest BCUT2D eigenvalue weighted by molar-refractivity contribution is 0.0991. The zero-order valence-corrected chi connectivity index (χ0v) is 12.5. The number of aryl methyl sites for hydroxylation is 1. The number of hydrogen-bond donors (Lipinski definition) is 1. The predicted octanol–water partition coefficient (Wildman–Crippen LogP) is 1.30. The Morgan fingerprint density at radius 1 is 1.26 bits per heavy atom. The molecule has 0 radical (unpaired) electrons. The van der Waals surface area contributed by atoms with Crippen molar-refractivity contribution in [1.29, 1.82) is 0 Å². The second kappa shape index (κ2) is 5.28. The first-order valence-electron chi connectivity index (χ1n) is 7.33. The van der Waals surface area contributed by atoms with Crippen molar-refractivity contribution in [2.24, 2.45) is 4.99 Å². The highest BCUT2D eigenvalue weighted by Crippen LogP contribution is 2.22. The summed E-state index contributed by atoms with van der Waals surface area (Å²) in [5.41, 5.74) is 2.15. The van der Waals surface area contributed by atoms with E-state index in [9.17, 15) is 4.79 Å². The highest BCUT2D eigenvalue weighted by molar-refractivity contribution is 5.93. The van der Waals surface area contributed by atoms with Crippen LogP contribution in [-0.2, 0) is 6.54 Å². The van der Waals surface area contributed by atoms with E-state index in [4.69, 9.17) is 0 Å². The number of aromatic nitrogens is 4. The molecule has 0 aliphatic carbocycles. The SMILES string of the molecule is Cc1cnc(C(=O)N=c2nc3ccccc3c3n2CCN3)cn1. The van der Waals surface area contributed by atoms with Crippen molar-refractivity contribution in [2.45, 2.75) is 13.5 Å². The number of fused-ring (bicyclic) bond motifs is 3. The molecule has 0 fully saturated rings. The number of anilines is 1. The zero-order chi connectivity index (χ0) is 15.8. The summed E-state index contributed by atoms with van der Waals surface area (Å²) in [6, 6.07) is 7.79. The fraction of sp³-hybridized carbons (Fsp3) is 0.188. The molecule has 0 saturated heterocycles. The van der Waals surface area contributed by atoms with Gasteiger partial charge in [-0.25, -0.2) is 9.97 Å². The Hall–Kier alpha value is -3.09. The summed E-state index contributed by atoms with van der Waals surface area (Å²) in [5.74, 6) is 0.499. The van der Waals surface area contributed by atoms with Crippen molar-refractivity contribution >= 4 is 22.6 Å². The number of carbonyl (C=O) groups excluding carboxylic acids is 1. The van der Waals surface area contributed by atoms with Crippen LogP contribution in [0.4, 0.5) is 5.82 Å². The molecule has 1 aliphatic rings. The minimum atomic E-state index is -0.443. The first-order chi connectivity index (χ1) is 11.2. The summed E-state index contributed by atoms with van der Waals surface area (Å²) in [6.07, 6.45) is 2.99. The van der Waals surface area contributed by atoms with Gasteiger partial charge in [-0.15, -0.1) is 0 Å². The van der Waals surface area contributed by atoms with E-state index in [1.54, 1.807) is 6.20 Å². The maximum absolute atomic E-state index is 12.3. The van der Waals surface area contributed by atoms with Gasteiger partial charge in [0.15, 0.2) is 0 Å². The quantitative estimate of drug-likeness (QED) is 0.732. The Labute approximate surface area is 131 Å². The van der Waals surface area contributed by atoms with E-state index in [2.05, 4.69) is 25.3 Å². The van der Waals surface area contributed by atoms with Gasteiger partial charge < -0.3 is 5.32 Å². The molecule has 3 aromatic rings. The lowest BCUT2D eigenvalue weighted by Gasteiger charge is -2.07. The molecular weight excluding hydrogens is 292 g/mol. The number of nitrogens with zero attached hydrogens (tertiary/aromatic N) is 5. The number of hydrogen-bond acceptors (Lipinski definition) is 5. The summed E-state index contributed by atoms with van der Waals surface area (Å²) in [6.45, 7) is 3.33. The van der Waals surface area contributed by atoms with E-state index in [1.165, 1.54) is 6.20 Å². The van der Waals surface area contributed by atoms with Gasteiger partial charge in [0.2, 0.25) is 5.62 Å². The third-order valence-corrected chi connectivity index (χ3v) is 3.72. The average molecular weight is 306 g/mol. The highest BCUT2D eigenvalue weighted by atomic mass is 16.1. The van der Waals surface area contributed by atoms with E-state index >= 15 is 0 Å². The molecule has 7 heteroatoms. The number of amides is 1. The van der Waals surface area contributed by atoms with Crippen molar-refractivity contribution in [3.8, 4) is 0 Å². The van der Waals surface area contributed by atoms with Crippen LogP contribution in [0.5, 0.6) is 0 Å². The number of para-hydroxylation sites is 1. The molecule has 0 atom stereocenters. The fourth-order valence-electron chi connectivity index (χ4n) is 2.61. The Kier molecular flexibility index (Phi) is 3.11. The van der Waals surface area contributed by atoms with Crippen LogP contribution >= 0.6 is 0 Å². The summed E-state index contributed by atoms with van der Waals surface area (Å²) in [5, 5.41) is 4.35. The molecule has 3 heterocycles. The Morgan fingerprint density at radius 2 is 2.13 bits per heavy atom. The number of nitrogens with one attached hydrogen (secondary N) is 1. The van der Waals surface area contributed by atoms with Gasteiger partial charge in [-0.1, -0.05) is 12.1 Å². The molecule has 0 spiro atoms. The molecule has 0 saturated carbocycles. The van der Waals surface area contributed by atoms with Crippen LogP contribution < -0.4 is 10.9 Å². The predicted molar refractivity (Wildman–Crippen MR) is 84.9 cm³/mol. The van der Waals surface area contributed by atoms with Gasteiger partial charge in [0.1, 0.15) is 11.5 Å². The van der Waals surface area contributed by atoms with Crippen LogP contribution in [0, 0.1) is 6.92 Å². The summed E-state index contributed by atoms with van der Waals surface area (Å²) >= 11 is 0. The Morgan fingerprint density at radius 3 is 2.96 bits per heavy atom. The molecule has 114 valence electrons. The van der Waals surface area contributed by atoms with Gasteiger partial charge >= 0.3 is 0 Å². The number of carbonyl (C=O) groups is 1. The first-order valence-corrected chi connectivity index (χ1v) is 7.33. The van der Waals surface area contributed by atoms with Crippen molar-refractivity contribution < 1.29 is 4.79 Å². The fourth-order valence-corrected chi connectivity index (χ4v) is 2.61. The van der Waals surface area contributed by atoms with Crippen molar-refractivity contribution in [3.05, 3.63) is 53.7 Å². The van der Waals surface area contributed by atoms with Gasteiger partial charge in [0, 0.05) is 24.7 Å². The van der Waals surface area contributed by atoms with E-state index in [-0.39, 0.29) is 5.69 Å². The zero-order valence-electron chi connectivity index (χ0n) is 12.5. The molecule has 4 rings (SSSR count).